The van der Waals surface area contributed by atoms with E-state index in [1.807, 2.05) is 0 Å². The summed E-state index contributed by atoms with van der Waals surface area (Å²) in [4.78, 5) is 0. The number of aliphatic hydroxyl groups is 1. The van der Waals surface area contributed by atoms with E-state index in [2.05, 4.69) is 59.1 Å². The predicted octanol–water partition coefficient (Wildman–Crippen LogP) is 2.86. The number of benzene rings is 1. The summed E-state index contributed by atoms with van der Waals surface area (Å²) in [6, 6.07) is 9.14. The molecule has 2 rings (SSSR count). The zero-order valence-corrected chi connectivity index (χ0v) is 11.6. The Hall–Kier alpha value is -0.130. The van der Waals surface area contributed by atoms with Gasteiger partial charge in [0, 0.05) is 15.7 Å². The van der Waals surface area contributed by atoms with Gasteiger partial charge in [-0.1, -0.05) is 12.1 Å². The minimum atomic E-state index is -0.161. The molecule has 88 valence electrons. The molecule has 3 heteroatoms. The standard InChI is InChI=1S/C13H18INO/c1-9(10-5-7-11(14)8-6-10)15-12-3-2-4-13(12)16/h5-9,12-13,15-16H,2-4H2,1H3. The van der Waals surface area contributed by atoms with Crippen LogP contribution >= 0.6 is 22.6 Å². The number of halogens is 1. The second-order valence-corrected chi connectivity index (χ2v) is 5.79. The molecule has 0 radical (unpaired) electrons. The normalized spacial score (nSPS) is 26.9. The number of nitrogens with one attached hydrogen (secondary N) is 1. The Bertz CT molecular complexity index is 338. The van der Waals surface area contributed by atoms with E-state index >= 15 is 0 Å². The van der Waals surface area contributed by atoms with Gasteiger partial charge >= 0.3 is 0 Å². The maximum Gasteiger partial charge on any atom is 0.0693 e. The number of hydrogen-bond acceptors (Lipinski definition) is 2. The van der Waals surface area contributed by atoms with Gasteiger partial charge < -0.3 is 10.4 Å². The lowest BCUT2D eigenvalue weighted by atomic mass is 10.1. The molecule has 0 aromatic heterocycles. The van der Waals surface area contributed by atoms with Crippen LogP contribution in [0.15, 0.2) is 24.3 Å². The fourth-order valence-corrected chi connectivity index (χ4v) is 2.66. The molecule has 1 aromatic carbocycles. The Morgan fingerprint density at radius 1 is 1.31 bits per heavy atom. The smallest absolute Gasteiger partial charge is 0.0693 e. The van der Waals surface area contributed by atoms with Crippen molar-refractivity contribution in [2.24, 2.45) is 0 Å². The van der Waals surface area contributed by atoms with Gasteiger partial charge in [-0.05, 0) is 66.5 Å². The summed E-state index contributed by atoms with van der Waals surface area (Å²) in [6.45, 7) is 2.16. The summed E-state index contributed by atoms with van der Waals surface area (Å²) in [7, 11) is 0. The number of hydrogen-bond donors (Lipinski definition) is 2. The highest BCUT2D eigenvalue weighted by Crippen LogP contribution is 2.22. The van der Waals surface area contributed by atoms with Crippen molar-refractivity contribution in [2.75, 3.05) is 0 Å². The molecule has 0 heterocycles. The molecule has 1 aromatic rings. The first kappa shape index (κ1) is 12.3. The molecule has 1 aliphatic rings. The number of rotatable bonds is 3. The zero-order valence-electron chi connectivity index (χ0n) is 9.49. The van der Waals surface area contributed by atoms with Crippen LogP contribution in [0.25, 0.3) is 0 Å². The van der Waals surface area contributed by atoms with Gasteiger partial charge in [0.25, 0.3) is 0 Å². The first-order valence-corrected chi connectivity index (χ1v) is 6.94. The lowest BCUT2D eigenvalue weighted by Gasteiger charge is -2.22. The van der Waals surface area contributed by atoms with E-state index in [1.165, 1.54) is 9.13 Å². The average Bonchev–Trinajstić information content (AvgIpc) is 2.65. The van der Waals surface area contributed by atoms with Gasteiger partial charge in [0.15, 0.2) is 0 Å². The molecule has 3 unspecified atom stereocenters. The van der Waals surface area contributed by atoms with E-state index in [1.54, 1.807) is 0 Å². The minimum Gasteiger partial charge on any atom is -0.392 e. The van der Waals surface area contributed by atoms with Crippen molar-refractivity contribution in [3.8, 4) is 0 Å². The first-order valence-electron chi connectivity index (χ1n) is 5.86. The van der Waals surface area contributed by atoms with E-state index in [0.717, 1.165) is 19.3 Å². The SMILES string of the molecule is CC(NC1CCCC1O)c1ccc(I)cc1. The summed E-state index contributed by atoms with van der Waals surface area (Å²) in [5, 5.41) is 13.3. The van der Waals surface area contributed by atoms with E-state index < -0.39 is 0 Å². The number of aliphatic hydroxyl groups excluding tert-OH is 1. The molecule has 2 N–H and O–H groups in total. The van der Waals surface area contributed by atoms with Crippen LogP contribution in [0.5, 0.6) is 0 Å². The Morgan fingerprint density at radius 3 is 2.56 bits per heavy atom. The second-order valence-electron chi connectivity index (χ2n) is 4.54. The fraction of sp³-hybridized carbons (Fsp3) is 0.538. The summed E-state index contributed by atoms with van der Waals surface area (Å²) >= 11 is 2.31. The topological polar surface area (TPSA) is 32.3 Å². The highest BCUT2D eigenvalue weighted by molar-refractivity contribution is 14.1. The molecule has 0 saturated heterocycles. The van der Waals surface area contributed by atoms with Crippen molar-refractivity contribution in [2.45, 2.75) is 44.4 Å². The van der Waals surface area contributed by atoms with Crippen LogP contribution in [0.3, 0.4) is 0 Å². The van der Waals surface area contributed by atoms with E-state index in [0.29, 0.717) is 6.04 Å². The van der Waals surface area contributed by atoms with Gasteiger partial charge in [0.05, 0.1) is 6.10 Å². The molecule has 16 heavy (non-hydrogen) atoms. The lowest BCUT2D eigenvalue weighted by Crippen LogP contribution is -2.37. The lowest BCUT2D eigenvalue weighted by molar-refractivity contribution is 0.144. The van der Waals surface area contributed by atoms with Crippen LogP contribution in [0, 0.1) is 3.57 Å². The Labute approximate surface area is 111 Å². The van der Waals surface area contributed by atoms with Crippen molar-refractivity contribution < 1.29 is 5.11 Å². The van der Waals surface area contributed by atoms with Crippen molar-refractivity contribution in [1.29, 1.82) is 0 Å². The summed E-state index contributed by atoms with van der Waals surface area (Å²) in [5.74, 6) is 0. The Morgan fingerprint density at radius 2 is 2.00 bits per heavy atom. The van der Waals surface area contributed by atoms with Crippen molar-refractivity contribution in [3.63, 3.8) is 0 Å². The van der Waals surface area contributed by atoms with Gasteiger partial charge in [-0.15, -0.1) is 0 Å². The second kappa shape index (κ2) is 5.47. The van der Waals surface area contributed by atoms with E-state index in [-0.39, 0.29) is 12.1 Å². The van der Waals surface area contributed by atoms with Crippen LogP contribution in [0.1, 0.15) is 37.8 Å². The summed E-state index contributed by atoms with van der Waals surface area (Å²) in [5.41, 5.74) is 1.29. The minimum absolute atomic E-state index is 0.161. The van der Waals surface area contributed by atoms with Crippen LogP contribution in [0.2, 0.25) is 0 Å². The third kappa shape index (κ3) is 2.96. The molecule has 2 nitrogen and oxygen atoms in total. The quantitative estimate of drug-likeness (QED) is 0.835. The molecule has 0 amide bonds. The highest BCUT2D eigenvalue weighted by Gasteiger charge is 2.26. The first-order chi connectivity index (χ1) is 7.66. The summed E-state index contributed by atoms with van der Waals surface area (Å²) < 4.78 is 1.26. The van der Waals surface area contributed by atoms with Gasteiger partial charge in [-0.2, -0.15) is 0 Å². The maximum atomic E-state index is 9.77. The van der Waals surface area contributed by atoms with Crippen molar-refractivity contribution >= 4 is 22.6 Å². The molecule has 0 bridgehead atoms. The third-order valence-electron chi connectivity index (χ3n) is 3.31. The molecular weight excluding hydrogens is 313 g/mol. The molecule has 1 fully saturated rings. The van der Waals surface area contributed by atoms with Crippen LogP contribution in [0.4, 0.5) is 0 Å². The zero-order chi connectivity index (χ0) is 11.5. The fourth-order valence-electron chi connectivity index (χ4n) is 2.30. The van der Waals surface area contributed by atoms with Crippen molar-refractivity contribution in [3.05, 3.63) is 33.4 Å². The van der Waals surface area contributed by atoms with Gasteiger partial charge in [-0.25, -0.2) is 0 Å². The van der Waals surface area contributed by atoms with Crippen LogP contribution in [-0.2, 0) is 0 Å². The molecule has 0 aliphatic heterocycles. The van der Waals surface area contributed by atoms with Gasteiger partial charge in [-0.3, -0.25) is 0 Å². The van der Waals surface area contributed by atoms with Crippen molar-refractivity contribution in [1.82, 2.24) is 5.32 Å². The Balaban J connectivity index is 1.97. The average molecular weight is 331 g/mol. The van der Waals surface area contributed by atoms with Gasteiger partial charge in [0.1, 0.15) is 0 Å². The van der Waals surface area contributed by atoms with Gasteiger partial charge in [0.2, 0.25) is 0 Å². The molecule has 1 saturated carbocycles. The monoisotopic (exact) mass is 331 g/mol. The molecule has 0 spiro atoms. The molecule has 3 atom stereocenters. The van der Waals surface area contributed by atoms with E-state index in [4.69, 9.17) is 0 Å². The third-order valence-corrected chi connectivity index (χ3v) is 4.03. The van der Waals surface area contributed by atoms with Crippen LogP contribution < -0.4 is 5.32 Å². The molecular formula is C13H18INO. The maximum absolute atomic E-state index is 9.77. The van der Waals surface area contributed by atoms with Crippen LogP contribution in [-0.4, -0.2) is 17.3 Å². The van der Waals surface area contributed by atoms with E-state index in [9.17, 15) is 5.11 Å². The summed E-state index contributed by atoms with van der Waals surface area (Å²) in [6.07, 6.45) is 3.01. The largest absolute Gasteiger partial charge is 0.392 e. The highest BCUT2D eigenvalue weighted by atomic mass is 127. The predicted molar refractivity (Wildman–Crippen MR) is 74.4 cm³/mol. The molecule has 1 aliphatic carbocycles. The Kier molecular flexibility index (Phi) is 4.21.